The van der Waals surface area contributed by atoms with Crippen molar-refractivity contribution >= 4 is 22.8 Å². The van der Waals surface area contributed by atoms with Crippen LogP contribution in [0, 0.1) is 11.8 Å². The van der Waals surface area contributed by atoms with Gasteiger partial charge in [-0.05, 0) is 49.6 Å². The minimum absolute atomic E-state index is 0.119. The fraction of sp³-hybridized carbons (Fsp3) is 0.524. The first-order valence-corrected chi connectivity index (χ1v) is 9.71. The second-order valence-electron chi connectivity index (χ2n) is 7.83. The maximum absolute atomic E-state index is 13.0. The van der Waals surface area contributed by atoms with Crippen molar-refractivity contribution in [1.29, 1.82) is 0 Å². The highest BCUT2D eigenvalue weighted by molar-refractivity contribution is 5.81. The molecule has 3 atom stereocenters. The topological polar surface area (TPSA) is 73.4 Å². The number of fused-ring (bicyclic) bond motifs is 1. The summed E-state index contributed by atoms with van der Waals surface area (Å²) in [6.45, 7) is 1.53. The van der Waals surface area contributed by atoms with Gasteiger partial charge in [-0.3, -0.25) is 9.59 Å². The van der Waals surface area contributed by atoms with E-state index in [0.29, 0.717) is 18.8 Å². The first kappa shape index (κ1) is 17.1. The van der Waals surface area contributed by atoms with Gasteiger partial charge in [-0.15, -0.1) is 0 Å². The molecule has 2 aromatic rings. The molecule has 2 heterocycles. The molecule has 1 saturated carbocycles. The molecule has 5 heteroatoms. The molecule has 0 radical (unpaired) electrons. The Hall–Kier alpha value is -2.30. The predicted molar refractivity (Wildman–Crippen MR) is 99.9 cm³/mol. The van der Waals surface area contributed by atoms with Crippen molar-refractivity contribution in [3.63, 3.8) is 0 Å². The maximum Gasteiger partial charge on any atom is 0.306 e. The molecule has 4 rings (SSSR count). The van der Waals surface area contributed by atoms with Crippen LogP contribution in [0.4, 0.5) is 0 Å². The summed E-state index contributed by atoms with van der Waals surface area (Å²) < 4.78 is 0. The molecule has 1 aliphatic carbocycles. The molecule has 2 fully saturated rings. The summed E-state index contributed by atoms with van der Waals surface area (Å²) in [5.41, 5.74) is 2.35. The number of aromatic amines is 1. The molecular weight excluding hydrogens is 328 g/mol. The van der Waals surface area contributed by atoms with Crippen molar-refractivity contribution in [2.75, 3.05) is 13.1 Å². The number of para-hydroxylation sites is 1. The summed E-state index contributed by atoms with van der Waals surface area (Å²) in [6, 6.07) is 10.5. The van der Waals surface area contributed by atoms with Gasteiger partial charge in [0.25, 0.3) is 0 Å². The standard InChI is InChI=1S/C21H26N2O3/c24-20(15-6-3-7-16(11-15)21(25)26)23-10-4-8-17(13-23)19-12-14-5-1-2-9-18(14)22-19/h1-2,5,9,12,15-17,22H,3-4,6-8,10-11,13H2,(H,25,26). The Kier molecular flexibility index (Phi) is 4.70. The van der Waals surface area contributed by atoms with Crippen molar-refractivity contribution in [3.05, 3.63) is 36.0 Å². The largest absolute Gasteiger partial charge is 0.481 e. The van der Waals surface area contributed by atoms with Crippen molar-refractivity contribution < 1.29 is 14.7 Å². The predicted octanol–water partition coefficient (Wildman–Crippen LogP) is 3.76. The monoisotopic (exact) mass is 354 g/mol. The molecule has 0 spiro atoms. The zero-order valence-electron chi connectivity index (χ0n) is 15.0. The van der Waals surface area contributed by atoms with E-state index < -0.39 is 5.97 Å². The second-order valence-corrected chi connectivity index (χ2v) is 7.83. The Balaban J connectivity index is 1.46. The smallest absolute Gasteiger partial charge is 0.306 e. The number of amides is 1. The van der Waals surface area contributed by atoms with Crippen molar-refractivity contribution in [2.45, 2.75) is 44.4 Å². The van der Waals surface area contributed by atoms with Crippen LogP contribution in [0.2, 0.25) is 0 Å². The SMILES string of the molecule is O=C(O)C1CCCC(C(=O)N2CCCC(c3cc4ccccc4[nH]3)C2)C1. The van der Waals surface area contributed by atoms with Crippen molar-refractivity contribution in [3.8, 4) is 0 Å². The fourth-order valence-corrected chi connectivity index (χ4v) is 4.64. The van der Waals surface area contributed by atoms with E-state index in [2.05, 4.69) is 23.2 Å². The number of aromatic nitrogens is 1. The molecule has 1 saturated heterocycles. The van der Waals surface area contributed by atoms with Gasteiger partial charge in [0, 0.05) is 36.1 Å². The van der Waals surface area contributed by atoms with E-state index in [1.807, 2.05) is 17.0 Å². The fourth-order valence-electron chi connectivity index (χ4n) is 4.64. The average molecular weight is 354 g/mol. The molecule has 2 aliphatic rings. The lowest BCUT2D eigenvalue weighted by molar-refractivity contribution is -0.145. The Labute approximate surface area is 153 Å². The third-order valence-electron chi connectivity index (χ3n) is 6.10. The lowest BCUT2D eigenvalue weighted by Gasteiger charge is -2.36. The molecule has 138 valence electrons. The minimum atomic E-state index is -0.753. The van der Waals surface area contributed by atoms with Gasteiger partial charge in [0.2, 0.25) is 5.91 Å². The van der Waals surface area contributed by atoms with Crippen LogP contribution >= 0.6 is 0 Å². The van der Waals surface area contributed by atoms with E-state index in [1.165, 1.54) is 11.1 Å². The zero-order valence-corrected chi connectivity index (χ0v) is 15.0. The van der Waals surface area contributed by atoms with Gasteiger partial charge in [-0.2, -0.15) is 0 Å². The highest BCUT2D eigenvalue weighted by atomic mass is 16.4. The number of hydrogen-bond donors (Lipinski definition) is 2. The Morgan fingerprint density at radius 2 is 1.88 bits per heavy atom. The van der Waals surface area contributed by atoms with Crippen LogP contribution in [-0.4, -0.2) is 40.0 Å². The highest BCUT2D eigenvalue weighted by Crippen LogP contribution is 2.34. The van der Waals surface area contributed by atoms with Gasteiger partial charge in [0.05, 0.1) is 5.92 Å². The van der Waals surface area contributed by atoms with Gasteiger partial charge in [0.15, 0.2) is 0 Å². The minimum Gasteiger partial charge on any atom is -0.481 e. The number of carboxylic acids is 1. The molecule has 3 unspecified atom stereocenters. The molecule has 1 aliphatic heterocycles. The van der Waals surface area contributed by atoms with E-state index in [1.54, 1.807) is 0 Å². The van der Waals surface area contributed by atoms with Crippen LogP contribution in [-0.2, 0) is 9.59 Å². The number of aliphatic carboxylic acids is 1. The van der Waals surface area contributed by atoms with Gasteiger partial charge < -0.3 is 15.0 Å². The zero-order chi connectivity index (χ0) is 18.1. The lowest BCUT2D eigenvalue weighted by Crippen LogP contribution is -2.44. The molecule has 1 aromatic carbocycles. The number of likely N-dealkylation sites (tertiary alicyclic amines) is 1. The van der Waals surface area contributed by atoms with Crippen LogP contribution in [0.15, 0.2) is 30.3 Å². The van der Waals surface area contributed by atoms with Gasteiger partial charge >= 0.3 is 5.97 Å². The Morgan fingerprint density at radius 3 is 2.69 bits per heavy atom. The molecular formula is C21H26N2O3. The van der Waals surface area contributed by atoms with E-state index in [0.717, 1.165) is 44.3 Å². The quantitative estimate of drug-likeness (QED) is 0.881. The first-order valence-electron chi connectivity index (χ1n) is 9.71. The number of carbonyl (C=O) groups is 2. The molecule has 0 bridgehead atoms. The molecule has 1 aromatic heterocycles. The summed E-state index contributed by atoms with van der Waals surface area (Å²) in [5, 5.41) is 10.5. The Morgan fingerprint density at radius 1 is 1.08 bits per heavy atom. The molecule has 1 amide bonds. The number of H-pyrrole nitrogens is 1. The number of benzene rings is 1. The second kappa shape index (κ2) is 7.14. The number of nitrogens with zero attached hydrogens (tertiary/aromatic N) is 1. The van der Waals surface area contributed by atoms with Crippen LogP contribution in [0.5, 0.6) is 0 Å². The van der Waals surface area contributed by atoms with E-state index in [-0.39, 0.29) is 17.7 Å². The number of rotatable bonds is 3. The van der Waals surface area contributed by atoms with E-state index in [4.69, 9.17) is 0 Å². The summed E-state index contributed by atoms with van der Waals surface area (Å²) in [5.74, 6) is -0.730. The maximum atomic E-state index is 13.0. The average Bonchev–Trinajstić information content (AvgIpc) is 3.12. The summed E-state index contributed by atoms with van der Waals surface area (Å²) >= 11 is 0. The number of carboxylic acid groups (broad SMARTS) is 1. The van der Waals surface area contributed by atoms with E-state index >= 15 is 0 Å². The number of piperidine rings is 1. The van der Waals surface area contributed by atoms with Crippen LogP contribution < -0.4 is 0 Å². The third kappa shape index (κ3) is 3.35. The van der Waals surface area contributed by atoms with Gasteiger partial charge in [0.1, 0.15) is 0 Å². The van der Waals surface area contributed by atoms with Crippen LogP contribution in [0.3, 0.4) is 0 Å². The number of carbonyl (C=O) groups excluding carboxylic acids is 1. The molecule has 26 heavy (non-hydrogen) atoms. The molecule has 2 N–H and O–H groups in total. The number of hydrogen-bond acceptors (Lipinski definition) is 2. The molecule has 5 nitrogen and oxygen atoms in total. The highest BCUT2D eigenvalue weighted by Gasteiger charge is 2.35. The third-order valence-corrected chi connectivity index (χ3v) is 6.10. The van der Waals surface area contributed by atoms with Gasteiger partial charge in [-0.25, -0.2) is 0 Å². The summed E-state index contributed by atoms with van der Waals surface area (Å²) in [6.07, 6.45) is 4.96. The first-order chi connectivity index (χ1) is 12.6. The summed E-state index contributed by atoms with van der Waals surface area (Å²) in [4.78, 5) is 29.8. The summed E-state index contributed by atoms with van der Waals surface area (Å²) in [7, 11) is 0. The van der Waals surface area contributed by atoms with Crippen LogP contribution in [0.1, 0.15) is 50.1 Å². The van der Waals surface area contributed by atoms with Crippen molar-refractivity contribution in [1.82, 2.24) is 9.88 Å². The Bertz CT molecular complexity index is 779. The van der Waals surface area contributed by atoms with Gasteiger partial charge in [-0.1, -0.05) is 24.6 Å². The van der Waals surface area contributed by atoms with Crippen LogP contribution in [0.25, 0.3) is 10.9 Å². The van der Waals surface area contributed by atoms with E-state index in [9.17, 15) is 14.7 Å². The van der Waals surface area contributed by atoms with Crippen molar-refractivity contribution in [2.24, 2.45) is 11.8 Å². The normalized spacial score (nSPS) is 26.8. The number of nitrogens with one attached hydrogen (secondary N) is 1. The lowest BCUT2D eigenvalue weighted by atomic mass is 9.80.